The minimum absolute atomic E-state index is 0.000380. The summed E-state index contributed by atoms with van der Waals surface area (Å²) in [6.07, 6.45) is 3.53. The Kier molecular flexibility index (Phi) is 4.79. The normalized spacial score (nSPS) is 16.0. The largest absolute Gasteiger partial charge is 0.394 e. The number of nitrogen functional groups attached to an aromatic ring is 1. The molecule has 8 nitrogen and oxygen atoms in total. The van der Waals surface area contributed by atoms with Gasteiger partial charge < -0.3 is 14.9 Å². The Labute approximate surface area is 125 Å². The molecule has 0 radical (unpaired) electrons. The summed E-state index contributed by atoms with van der Waals surface area (Å²) >= 11 is 0. The molecule has 1 fully saturated rings. The van der Waals surface area contributed by atoms with E-state index in [9.17, 15) is 5.11 Å². The van der Waals surface area contributed by atoms with Crippen LogP contribution in [-0.4, -0.2) is 52.3 Å². The van der Waals surface area contributed by atoms with Crippen LogP contribution in [0.3, 0.4) is 0 Å². The molecular weight excluding hydrogens is 270 g/mol. The Morgan fingerprint density at radius 3 is 2.48 bits per heavy atom. The van der Waals surface area contributed by atoms with E-state index in [1.54, 1.807) is 0 Å². The number of piperidine rings is 1. The van der Waals surface area contributed by atoms with Gasteiger partial charge in [0, 0.05) is 20.1 Å². The first-order valence-corrected chi connectivity index (χ1v) is 7.30. The third-order valence-electron chi connectivity index (χ3n) is 3.97. The number of aromatic nitrogens is 3. The quantitative estimate of drug-likeness (QED) is 0.528. The zero-order valence-electron chi connectivity index (χ0n) is 13.0. The molecule has 1 aromatic heterocycles. The number of hydrazine groups is 1. The Bertz CT molecular complexity index is 474. The van der Waals surface area contributed by atoms with E-state index < -0.39 is 5.54 Å². The minimum atomic E-state index is -0.466. The SMILES string of the molecule is CN(c1nc(NN)nc(N2CCCCC2)n1)C(C)(C)CO. The van der Waals surface area contributed by atoms with Gasteiger partial charge >= 0.3 is 0 Å². The van der Waals surface area contributed by atoms with E-state index >= 15 is 0 Å². The topological polar surface area (TPSA) is 103 Å². The molecule has 21 heavy (non-hydrogen) atoms. The van der Waals surface area contributed by atoms with Gasteiger partial charge in [-0.25, -0.2) is 5.84 Å². The molecule has 8 heteroatoms. The highest BCUT2D eigenvalue weighted by molar-refractivity contribution is 5.46. The third-order valence-corrected chi connectivity index (χ3v) is 3.97. The van der Waals surface area contributed by atoms with Crippen molar-refractivity contribution in [2.75, 3.05) is 42.0 Å². The lowest BCUT2D eigenvalue weighted by molar-refractivity contribution is 0.215. The zero-order chi connectivity index (χ0) is 15.5. The maximum absolute atomic E-state index is 9.51. The molecule has 2 heterocycles. The maximum atomic E-state index is 9.51. The number of nitrogens with zero attached hydrogens (tertiary/aromatic N) is 5. The fraction of sp³-hybridized carbons (Fsp3) is 0.769. The van der Waals surface area contributed by atoms with Crippen LogP contribution in [0.5, 0.6) is 0 Å². The molecular formula is C13H25N7O. The highest BCUT2D eigenvalue weighted by atomic mass is 16.3. The van der Waals surface area contributed by atoms with Crippen molar-refractivity contribution in [2.45, 2.75) is 38.6 Å². The molecule has 0 aromatic carbocycles. The Hall–Kier alpha value is -1.67. The van der Waals surface area contributed by atoms with Crippen LogP contribution in [0, 0.1) is 0 Å². The molecule has 1 aliphatic heterocycles. The summed E-state index contributed by atoms with van der Waals surface area (Å²) < 4.78 is 0. The van der Waals surface area contributed by atoms with Crippen LogP contribution in [0.25, 0.3) is 0 Å². The van der Waals surface area contributed by atoms with E-state index in [1.165, 1.54) is 6.42 Å². The van der Waals surface area contributed by atoms with Crippen molar-refractivity contribution in [3.05, 3.63) is 0 Å². The van der Waals surface area contributed by atoms with Crippen molar-refractivity contribution in [3.63, 3.8) is 0 Å². The summed E-state index contributed by atoms with van der Waals surface area (Å²) in [5.74, 6) is 6.93. The van der Waals surface area contributed by atoms with Gasteiger partial charge in [0.2, 0.25) is 17.8 Å². The Morgan fingerprint density at radius 2 is 1.90 bits per heavy atom. The van der Waals surface area contributed by atoms with Crippen LogP contribution < -0.4 is 21.1 Å². The highest BCUT2D eigenvalue weighted by Crippen LogP contribution is 2.23. The lowest BCUT2D eigenvalue weighted by Gasteiger charge is -2.34. The van der Waals surface area contributed by atoms with E-state index in [2.05, 4.69) is 25.3 Å². The summed E-state index contributed by atoms with van der Waals surface area (Å²) in [6, 6.07) is 0. The Morgan fingerprint density at radius 1 is 1.24 bits per heavy atom. The molecule has 0 amide bonds. The molecule has 1 saturated heterocycles. The smallest absolute Gasteiger partial charge is 0.243 e. The molecule has 118 valence electrons. The average molecular weight is 295 g/mol. The molecule has 0 unspecified atom stereocenters. The maximum Gasteiger partial charge on any atom is 0.243 e. The van der Waals surface area contributed by atoms with Crippen LogP contribution in [0.15, 0.2) is 0 Å². The van der Waals surface area contributed by atoms with Gasteiger partial charge in [-0.2, -0.15) is 15.0 Å². The minimum Gasteiger partial charge on any atom is -0.394 e. The van der Waals surface area contributed by atoms with Gasteiger partial charge in [0.1, 0.15) is 0 Å². The molecule has 0 bridgehead atoms. The van der Waals surface area contributed by atoms with Gasteiger partial charge in [-0.3, -0.25) is 5.43 Å². The highest BCUT2D eigenvalue weighted by Gasteiger charge is 2.26. The van der Waals surface area contributed by atoms with E-state index in [1.807, 2.05) is 25.8 Å². The van der Waals surface area contributed by atoms with Crippen LogP contribution in [-0.2, 0) is 0 Å². The fourth-order valence-electron chi connectivity index (χ4n) is 2.18. The molecule has 4 N–H and O–H groups in total. The fourth-order valence-corrected chi connectivity index (χ4v) is 2.18. The van der Waals surface area contributed by atoms with Crippen LogP contribution >= 0.6 is 0 Å². The summed E-state index contributed by atoms with van der Waals surface area (Å²) in [5, 5.41) is 9.51. The van der Waals surface area contributed by atoms with Crippen LogP contribution in [0.4, 0.5) is 17.8 Å². The van der Waals surface area contributed by atoms with Crippen molar-refractivity contribution in [3.8, 4) is 0 Å². The average Bonchev–Trinajstić information content (AvgIpc) is 2.54. The van der Waals surface area contributed by atoms with Crippen molar-refractivity contribution in [1.82, 2.24) is 15.0 Å². The van der Waals surface area contributed by atoms with Gasteiger partial charge in [0.15, 0.2) is 0 Å². The van der Waals surface area contributed by atoms with Gasteiger partial charge in [0.05, 0.1) is 12.1 Å². The van der Waals surface area contributed by atoms with Crippen molar-refractivity contribution in [1.29, 1.82) is 0 Å². The van der Waals surface area contributed by atoms with E-state index in [4.69, 9.17) is 5.84 Å². The molecule has 0 atom stereocenters. The predicted molar refractivity (Wildman–Crippen MR) is 83.3 cm³/mol. The predicted octanol–water partition coefficient (Wildman–Crippen LogP) is 0.355. The molecule has 0 spiro atoms. The number of anilines is 3. The standard InChI is InChI=1S/C13H25N7O/c1-13(2,9-21)19(3)11-15-10(18-14)16-12(17-11)20-7-5-4-6-8-20/h21H,4-9,14H2,1-3H3,(H,15,16,17,18). The van der Waals surface area contributed by atoms with Crippen molar-refractivity contribution < 1.29 is 5.11 Å². The second kappa shape index (κ2) is 6.40. The number of nitrogens with one attached hydrogen (secondary N) is 1. The number of nitrogens with two attached hydrogens (primary N) is 1. The number of likely N-dealkylation sites (N-methyl/N-ethyl adjacent to an activating group) is 1. The summed E-state index contributed by atoms with van der Waals surface area (Å²) in [4.78, 5) is 17.2. The molecule has 1 aliphatic rings. The van der Waals surface area contributed by atoms with Gasteiger partial charge in [-0.05, 0) is 33.1 Å². The number of rotatable bonds is 5. The third kappa shape index (κ3) is 3.51. The van der Waals surface area contributed by atoms with Gasteiger partial charge in [0.25, 0.3) is 0 Å². The lowest BCUT2D eigenvalue weighted by Crippen LogP contribution is -2.45. The van der Waals surface area contributed by atoms with E-state index in [0.717, 1.165) is 25.9 Å². The molecule has 2 rings (SSSR count). The summed E-state index contributed by atoms with van der Waals surface area (Å²) in [6.45, 7) is 5.74. The number of aliphatic hydroxyl groups is 1. The molecule has 0 aliphatic carbocycles. The van der Waals surface area contributed by atoms with Crippen molar-refractivity contribution >= 4 is 17.8 Å². The summed E-state index contributed by atoms with van der Waals surface area (Å²) in [5.41, 5.74) is 2.03. The first kappa shape index (κ1) is 15.7. The van der Waals surface area contributed by atoms with E-state index in [0.29, 0.717) is 17.8 Å². The first-order chi connectivity index (χ1) is 9.97. The summed E-state index contributed by atoms with van der Waals surface area (Å²) in [7, 11) is 1.85. The monoisotopic (exact) mass is 295 g/mol. The number of hydrogen-bond donors (Lipinski definition) is 3. The van der Waals surface area contributed by atoms with Gasteiger partial charge in [-0.15, -0.1) is 0 Å². The molecule has 0 saturated carbocycles. The van der Waals surface area contributed by atoms with Crippen LogP contribution in [0.1, 0.15) is 33.1 Å². The second-order valence-electron chi connectivity index (χ2n) is 5.98. The number of hydrogen-bond acceptors (Lipinski definition) is 8. The van der Waals surface area contributed by atoms with Gasteiger partial charge in [-0.1, -0.05) is 0 Å². The van der Waals surface area contributed by atoms with Crippen LogP contribution in [0.2, 0.25) is 0 Å². The number of aliphatic hydroxyl groups excluding tert-OH is 1. The first-order valence-electron chi connectivity index (χ1n) is 7.30. The van der Waals surface area contributed by atoms with Crippen molar-refractivity contribution in [2.24, 2.45) is 5.84 Å². The van der Waals surface area contributed by atoms with E-state index in [-0.39, 0.29) is 6.61 Å². The molecule has 1 aromatic rings. The Balaban J connectivity index is 2.33. The zero-order valence-corrected chi connectivity index (χ0v) is 13.0. The second-order valence-corrected chi connectivity index (χ2v) is 5.98. The lowest BCUT2D eigenvalue weighted by atomic mass is 10.1.